The van der Waals surface area contributed by atoms with Crippen LogP contribution in [0, 0.1) is 5.92 Å². The van der Waals surface area contributed by atoms with Gasteiger partial charge in [-0.2, -0.15) is 11.8 Å². The lowest BCUT2D eigenvalue weighted by molar-refractivity contribution is 0.0955. The Morgan fingerprint density at radius 1 is 1.14 bits per heavy atom. The molecule has 5 nitrogen and oxygen atoms in total. The summed E-state index contributed by atoms with van der Waals surface area (Å²) in [6, 6.07) is 10.7. The van der Waals surface area contributed by atoms with Gasteiger partial charge in [0.1, 0.15) is 0 Å². The fraction of sp³-hybridized carbons (Fsp3) is 0.409. The van der Waals surface area contributed by atoms with Crippen LogP contribution in [0.15, 0.2) is 36.4 Å². The summed E-state index contributed by atoms with van der Waals surface area (Å²) >= 11 is 7.95. The van der Waals surface area contributed by atoms with Crippen LogP contribution in [-0.2, 0) is 0 Å². The number of carbonyl (C=O) groups excluding carboxylic acids is 1. The molecule has 158 valence electrons. The van der Waals surface area contributed by atoms with Crippen LogP contribution in [0.4, 0.5) is 5.69 Å². The van der Waals surface area contributed by atoms with Crippen molar-refractivity contribution in [1.82, 2.24) is 5.32 Å². The average molecular weight is 437 g/mol. The summed E-state index contributed by atoms with van der Waals surface area (Å²) in [7, 11) is 3.11. The largest absolute Gasteiger partial charge is 0.493 e. The number of rotatable bonds is 10. The summed E-state index contributed by atoms with van der Waals surface area (Å²) in [5.41, 5.74) is 8.52. The number of nitrogen functional groups attached to an aromatic ring is 1. The molecule has 2 aromatic rings. The van der Waals surface area contributed by atoms with Crippen LogP contribution in [0.5, 0.6) is 11.5 Å². The van der Waals surface area contributed by atoms with E-state index >= 15 is 0 Å². The second-order valence-electron chi connectivity index (χ2n) is 7.09. The number of amides is 1. The standard InChI is InChI=1S/C22H29ClN2O3S/c1-14(2)11-21(17-13-16(23)6-7-18(17)24)29-10-9-25-22(26)15-5-8-19(27-3)20(12-15)28-4/h5-8,12-14,21H,9-11,24H2,1-4H3,(H,25,26). The van der Waals surface area contributed by atoms with Crippen molar-refractivity contribution in [1.29, 1.82) is 0 Å². The predicted octanol–water partition coefficient (Wildman–Crippen LogP) is 5.19. The number of thioether (sulfide) groups is 1. The van der Waals surface area contributed by atoms with Crippen molar-refractivity contribution in [2.24, 2.45) is 5.92 Å². The highest BCUT2D eigenvalue weighted by atomic mass is 35.5. The molecule has 2 rings (SSSR count). The molecule has 1 amide bonds. The molecule has 0 aliphatic rings. The maximum atomic E-state index is 12.4. The summed E-state index contributed by atoms with van der Waals surface area (Å²) in [6.07, 6.45) is 0.985. The number of hydrogen-bond donors (Lipinski definition) is 2. The minimum absolute atomic E-state index is 0.144. The molecule has 0 aliphatic heterocycles. The van der Waals surface area contributed by atoms with Gasteiger partial charge in [-0.05, 0) is 54.3 Å². The first-order valence-corrected chi connectivity index (χ1v) is 10.9. The molecule has 3 N–H and O–H groups in total. The third-order valence-electron chi connectivity index (χ3n) is 4.43. The van der Waals surface area contributed by atoms with Gasteiger partial charge in [0.2, 0.25) is 0 Å². The normalized spacial score (nSPS) is 11.9. The van der Waals surface area contributed by atoms with Gasteiger partial charge in [0, 0.05) is 33.8 Å². The number of halogens is 1. The Morgan fingerprint density at radius 2 is 1.86 bits per heavy atom. The molecule has 0 radical (unpaired) electrons. The van der Waals surface area contributed by atoms with Crippen LogP contribution in [-0.4, -0.2) is 32.4 Å². The number of anilines is 1. The number of ether oxygens (including phenoxy) is 2. The fourth-order valence-corrected chi connectivity index (χ4v) is 4.57. The Hall–Kier alpha value is -2.05. The maximum Gasteiger partial charge on any atom is 0.251 e. The second-order valence-corrected chi connectivity index (χ2v) is 8.83. The lowest BCUT2D eigenvalue weighted by atomic mass is 10.0. The highest BCUT2D eigenvalue weighted by molar-refractivity contribution is 7.99. The van der Waals surface area contributed by atoms with Crippen molar-refractivity contribution >= 4 is 35.0 Å². The molecule has 0 spiro atoms. The van der Waals surface area contributed by atoms with Crippen molar-refractivity contribution in [3.63, 3.8) is 0 Å². The van der Waals surface area contributed by atoms with Crippen molar-refractivity contribution < 1.29 is 14.3 Å². The van der Waals surface area contributed by atoms with E-state index in [9.17, 15) is 4.79 Å². The smallest absolute Gasteiger partial charge is 0.251 e. The van der Waals surface area contributed by atoms with Crippen LogP contribution in [0.2, 0.25) is 5.02 Å². The van der Waals surface area contributed by atoms with E-state index in [2.05, 4.69) is 19.2 Å². The molecule has 0 aliphatic carbocycles. The predicted molar refractivity (Wildman–Crippen MR) is 122 cm³/mol. The van der Waals surface area contributed by atoms with Crippen LogP contribution in [0.1, 0.15) is 41.4 Å². The molecule has 2 aromatic carbocycles. The molecule has 1 unspecified atom stereocenters. The van der Waals surface area contributed by atoms with Crippen molar-refractivity contribution in [2.75, 3.05) is 32.3 Å². The van der Waals surface area contributed by atoms with Crippen molar-refractivity contribution in [3.8, 4) is 11.5 Å². The van der Waals surface area contributed by atoms with E-state index < -0.39 is 0 Å². The zero-order valence-electron chi connectivity index (χ0n) is 17.3. The number of carbonyl (C=O) groups is 1. The minimum Gasteiger partial charge on any atom is -0.493 e. The average Bonchev–Trinajstić information content (AvgIpc) is 2.71. The monoisotopic (exact) mass is 436 g/mol. The number of nitrogens with one attached hydrogen (secondary N) is 1. The third-order valence-corrected chi connectivity index (χ3v) is 5.96. The van der Waals surface area contributed by atoms with Crippen molar-refractivity contribution in [2.45, 2.75) is 25.5 Å². The Balaban J connectivity index is 1.96. The molecule has 1 atom stereocenters. The first-order chi connectivity index (χ1) is 13.8. The second kappa shape index (κ2) is 11.2. The zero-order valence-corrected chi connectivity index (χ0v) is 18.9. The van der Waals surface area contributed by atoms with E-state index in [-0.39, 0.29) is 11.2 Å². The van der Waals surface area contributed by atoms with Gasteiger partial charge in [0.15, 0.2) is 11.5 Å². The maximum absolute atomic E-state index is 12.4. The van der Waals surface area contributed by atoms with E-state index in [1.807, 2.05) is 12.1 Å². The Bertz CT molecular complexity index is 830. The molecule has 7 heteroatoms. The lowest BCUT2D eigenvalue weighted by Crippen LogP contribution is -2.26. The van der Waals surface area contributed by atoms with Crippen molar-refractivity contribution in [3.05, 3.63) is 52.5 Å². The van der Waals surface area contributed by atoms with Gasteiger partial charge in [-0.1, -0.05) is 25.4 Å². The summed E-state index contributed by atoms with van der Waals surface area (Å²) < 4.78 is 10.5. The molecular formula is C22H29ClN2O3S. The van der Waals surface area contributed by atoms with Crippen LogP contribution in [0.25, 0.3) is 0 Å². The molecule has 0 heterocycles. The first-order valence-electron chi connectivity index (χ1n) is 9.52. The Labute approximate surface area is 182 Å². The molecule has 0 bridgehead atoms. The summed E-state index contributed by atoms with van der Waals surface area (Å²) in [5.74, 6) is 2.27. The summed E-state index contributed by atoms with van der Waals surface area (Å²) in [6.45, 7) is 4.92. The highest BCUT2D eigenvalue weighted by Gasteiger charge is 2.17. The summed E-state index contributed by atoms with van der Waals surface area (Å²) in [5, 5.41) is 3.87. The lowest BCUT2D eigenvalue weighted by Gasteiger charge is -2.21. The van der Waals surface area contributed by atoms with Gasteiger partial charge in [-0.3, -0.25) is 4.79 Å². The van der Waals surface area contributed by atoms with Gasteiger partial charge in [-0.25, -0.2) is 0 Å². The molecule has 0 aromatic heterocycles. The summed E-state index contributed by atoms with van der Waals surface area (Å²) in [4.78, 5) is 12.4. The topological polar surface area (TPSA) is 73.6 Å². The molecule has 29 heavy (non-hydrogen) atoms. The molecule has 0 saturated carbocycles. The first kappa shape index (κ1) is 23.2. The van der Waals surface area contributed by atoms with E-state index in [0.717, 1.165) is 23.4 Å². The fourth-order valence-electron chi connectivity index (χ4n) is 2.98. The Morgan fingerprint density at radius 3 is 2.52 bits per heavy atom. The number of methoxy groups -OCH3 is 2. The van der Waals surface area contributed by atoms with E-state index in [1.54, 1.807) is 50.2 Å². The number of hydrogen-bond acceptors (Lipinski definition) is 5. The zero-order chi connectivity index (χ0) is 21.4. The molecule has 0 saturated heterocycles. The van der Waals surface area contributed by atoms with Gasteiger partial charge in [0.05, 0.1) is 14.2 Å². The van der Waals surface area contributed by atoms with Crippen LogP contribution >= 0.6 is 23.4 Å². The SMILES string of the molecule is COc1ccc(C(=O)NCCSC(CC(C)C)c2cc(Cl)ccc2N)cc1OC. The third kappa shape index (κ3) is 6.75. The highest BCUT2D eigenvalue weighted by Crippen LogP contribution is 2.38. The van der Waals surface area contributed by atoms with Gasteiger partial charge in [0.25, 0.3) is 5.91 Å². The van der Waals surface area contributed by atoms with Crippen LogP contribution < -0.4 is 20.5 Å². The molecule has 0 fully saturated rings. The van der Waals surface area contributed by atoms with Gasteiger partial charge < -0.3 is 20.5 Å². The number of benzene rings is 2. The van der Waals surface area contributed by atoms with Gasteiger partial charge >= 0.3 is 0 Å². The van der Waals surface area contributed by atoms with Crippen LogP contribution in [0.3, 0.4) is 0 Å². The quantitative estimate of drug-likeness (QED) is 0.396. The molecular weight excluding hydrogens is 408 g/mol. The minimum atomic E-state index is -0.144. The van der Waals surface area contributed by atoms with E-state index in [4.69, 9.17) is 26.8 Å². The van der Waals surface area contributed by atoms with E-state index in [1.165, 1.54) is 0 Å². The Kier molecular flexibility index (Phi) is 8.99. The van der Waals surface area contributed by atoms with Gasteiger partial charge in [-0.15, -0.1) is 0 Å². The number of nitrogens with two attached hydrogens (primary N) is 1. The van der Waals surface area contributed by atoms with E-state index in [0.29, 0.717) is 34.5 Å².